The van der Waals surface area contributed by atoms with Crippen molar-refractivity contribution in [1.29, 1.82) is 0 Å². The Bertz CT molecular complexity index is 321. The Labute approximate surface area is 97.0 Å². The minimum Gasteiger partial charge on any atom is -0.493 e. The van der Waals surface area contributed by atoms with E-state index in [1.807, 2.05) is 18.2 Å². The van der Waals surface area contributed by atoms with E-state index in [0.717, 1.165) is 18.4 Å². The van der Waals surface area contributed by atoms with E-state index in [9.17, 15) is 5.11 Å². The molecule has 3 nitrogen and oxygen atoms in total. The van der Waals surface area contributed by atoms with E-state index < -0.39 is 6.10 Å². The van der Waals surface area contributed by atoms with Crippen LogP contribution in [0.5, 0.6) is 11.5 Å². The number of rotatable bonds is 6. The minimum atomic E-state index is -0.487. The molecule has 0 heterocycles. The molecule has 1 unspecified atom stereocenters. The predicted octanol–water partition coefficient (Wildman–Crippen LogP) is 2.93. The zero-order valence-corrected chi connectivity index (χ0v) is 10.2. The molecule has 16 heavy (non-hydrogen) atoms. The van der Waals surface area contributed by atoms with Gasteiger partial charge < -0.3 is 14.6 Å². The lowest BCUT2D eigenvalue weighted by Gasteiger charge is -2.13. The van der Waals surface area contributed by atoms with Crippen LogP contribution < -0.4 is 9.47 Å². The Morgan fingerprint density at radius 1 is 1.31 bits per heavy atom. The highest BCUT2D eigenvalue weighted by atomic mass is 16.5. The molecule has 0 aromatic heterocycles. The highest BCUT2D eigenvalue weighted by Gasteiger charge is 2.08. The van der Waals surface area contributed by atoms with Gasteiger partial charge in [0.15, 0.2) is 11.5 Å². The molecule has 1 N–H and O–H groups in total. The first kappa shape index (κ1) is 12.8. The van der Waals surface area contributed by atoms with E-state index in [1.165, 1.54) is 0 Å². The van der Waals surface area contributed by atoms with Gasteiger partial charge in [0.1, 0.15) is 0 Å². The number of hydrogen-bond acceptors (Lipinski definition) is 3. The topological polar surface area (TPSA) is 38.7 Å². The molecule has 0 saturated heterocycles. The molecule has 0 bridgehead atoms. The lowest BCUT2D eigenvalue weighted by molar-refractivity contribution is 0.198. The summed E-state index contributed by atoms with van der Waals surface area (Å²) in [6.45, 7) is 4.53. The maximum atomic E-state index is 9.49. The van der Waals surface area contributed by atoms with E-state index in [0.29, 0.717) is 18.1 Å². The zero-order valence-electron chi connectivity index (χ0n) is 10.2. The molecule has 1 atom stereocenters. The van der Waals surface area contributed by atoms with Gasteiger partial charge in [-0.05, 0) is 31.0 Å². The fourth-order valence-corrected chi connectivity index (χ4v) is 1.39. The van der Waals surface area contributed by atoms with Crippen LogP contribution in [-0.4, -0.2) is 18.8 Å². The maximum absolute atomic E-state index is 9.49. The van der Waals surface area contributed by atoms with Crippen LogP contribution in [0.4, 0.5) is 0 Å². The van der Waals surface area contributed by atoms with Gasteiger partial charge in [0, 0.05) is 0 Å². The summed E-state index contributed by atoms with van der Waals surface area (Å²) in [6.07, 6.45) is 1.62. The first-order valence-corrected chi connectivity index (χ1v) is 5.67. The fourth-order valence-electron chi connectivity index (χ4n) is 1.39. The smallest absolute Gasteiger partial charge is 0.161 e. The highest BCUT2D eigenvalue weighted by molar-refractivity contribution is 5.43. The minimum absolute atomic E-state index is 0.487. The Balaban J connectivity index is 2.80. The number of methoxy groups -OCH3 is 1. The van der Waals surface area contributed by atoms with Gasteiger partial charge in [-0.1, -0.05) is 19.4 Å². The summed E-state index contributed by atoms with van der Waals surface area (Å²) in [5.41, 5.74) is 0.840. The number of unbranched alkanes of at least 4 members (excludes halogenated alkanes) is 1. The second-order valence-electron chi connectivity index (χ2n) is 3.79. The van der Waals surface area contributed by atoms with Crippen molar-refractivity contribution in [3.05, 3.63) is 23.8 Å². The quantitative estimate of drug-likeness (QED) is 0.755. The van der Waals surface area contributed by atoms with Gasteiger partial charge in [-0.3, -0.25) is 0 Å². The van der Waals surface area contributed by atoms with Crippen LogP contribution in [0.15, 0.2) is 18.2 Å². The van der Waals surface area contributed by atoms with Gasteiger partial charge in [0.2, 0.25) is 0 Å². The second kappa shape index (κ2) is 6.38. The summed E-state index contributed by atoms with van der Waals surface area (Å²) in [7, 11) is 1.62. The highest BCUT2D eigenvalue weighted by Crippen LogP contribution is 2.30. The molecule has 0 aliphatic carbocycles. The summed E-state index contributed by atoms with van der Waals surface area (Å²) in [5.74, 6) is 1.41. The van der Waals surface area contributed by atoms with E-state index in [1.54, 1.807) is 14.0 Å². The van der Waals surface area contributed by atoms with Crippen LogP contribution in [-0.2, 0) is 0 Å². The molecule has 1 aromatic carbocycles. The zero-order chi connectivity index (χ0) is 12.0. The third-order valence-corrected chi connectivity index (χ3v) is 2.43. The third kappa shape index (κ3) is 3.42. The molecule has 0 fully saturated rings. The van der Waals surface area contributed by atoms with Crippen LogP contribution >= 0.6 is 0 Å². The Hall–Kier alpha value is -1.22. The summed E-state index contributed by atoms with van der Waals surface area (Å²) in [4.78, 5) is 0. The van der Waals surface area contributed by atoms with Crippen molar-refractivity contribution >= 4 is 0 Å². The van der Waals surface area contributed by atoms with Gasteiger partial charge in [0.05, 0.1) is 19.8 Å². The first-order valence-electron chi connectivity index (χ1n) is 5.67. The van der Waals surface area contributed by atoms with Gasteiger partial charge in [-0.15, -0.1) is 0 Å². The fraction of sp³-hybridized carbons (Fsp3) is 0.538. The summed E-state index contributed by atoms with van der Waals surface area (Å²) in [5, 5.41) is 9.49. The summed E-state index contributed by atoms with van der Waals surface area (Å²) in [6, 6.07) is 5.50. The molecule has 0 amide bonds. The number of aliphatic hydroxyl groups excluding tert-OH is 1. The van der Waals surface area contributed by atoms with Crippen molar-refractivity contribution in [2.24, 2.45) is 0 Å². The summed E-state index contributed by atoms with van der Waals surface area (Å²) >= 11 is 0. The number of ether oxygens (including phenoxy) is 2. The van der Waals surface area contributed by atoms with Crippen molar-refractivity contribution in [3.8, 4) is 11.5 Å². The number of aliphatic hydroxyl groups is 1. The SMILES string of the molecule is CCCCOc1cc(C(C)O)ccc1OC. The van der Waals surface area contributed by atoms with E-state index >= 15 is 0 Å². The molecule has 0 aliphatic heterocycles. The van der Waals surface area contributed by atoms with Crippen molar-refractivity contribution in [3.63, 3.8) is 0 Å². The second-order valence-corrected chi connectivity index (χ2v) is 3.79. The molecule has 0 spiro atoms. The largest absolute Gasteiger partial charge is 0.493 e. The molecule has 1 rings (SSSR count). The molecule has 0 aliphatic rings. The van der Waals surface area contributed by atoms with Crippen molar-refractivity contribution < 1.29 is 14.6 Å². The molecule has 0 radical (unpaired) electrons. The molecule has 90 valence electrons. The Morgan fingerprint density at radius 3 is 2.62 bits per heavy atom. The van der Waals surface area contributed by atoms with Crippen LogP contribution in [0.3, 0.4) is 0 Å². The molecule has 3 heteroatoms. The molecule has 1 aromatic rings. The molecule has 0 saturated carbocycles. The average molecular weight is 224 g/mol. The van der Waals surface area contributed by atoms with Gasteiger partial charge in [0.25, 0.3) is 0 Å². The predicted molar refractivity (Wildman–Crippen MR) is 64.0 cm³/mol. The number of benzene rings is 1. The third-order valence-electron chi connectivity index (χ3n) is 2.43. The van der Waals surface area contributed by atoms with Crippen LogP contribution in [0, 0.1) is 0 Å². The monoisotopic (exact) mass is 224 g/mol. The van der Waals surface area contributed by atoms with Crippen LogP contribution in [0.1, 0.15) is 38.4 Å². The average Bonchev–Trinajstić information content (AvgIpc) is 2.29. The first-order chi connectivity index (χ1) is 7.69. The summed E-state index contributed by atoms with van der Waals surface area (Å²) < 4.78 is 10.8. The van der Waals surface area contributed by atoms with Gasteiger partial charge in [-0.25, -0.2) is 0 Å². The normalized spacial score (nSPS) is 12.2. The van der Waals surface area contributed by atoms with E-state index in [-0.39, 0.29) is 0 Å². The Kier molecular flexibility index (Phi) is 5.12. The van der Waals surface area contributed by atoms with Crippen molar-refractivity contribution in [2.45, 2.75) is 32.8 Å². The van der Waals surface area contributed by atoms with Crippen LogP contribution in [0.2, 0.25) is 0 Å². The van der Waals surface area contributed by atoms with E-state index in [4.69, 9.17) is 9.47 Å². The molecular formula is C13H20O3. The maximum Gasteiger partial charge on any atom is 0.161 e. The van der Waals surface area contributed by atoms with Crippen LogP contribution in [0.25, 0.3) is 0 Å². The van der Waals surface area contributed by atoms with E-state index in [2.05, 4.69) is 6.92 Å². The molecular weight excluding hydrogens is 204 g/mol. The van der Waals surface area contributed by atoms with Gasteiger partial charge in [-0.2, -0.15) is 0 Å². The van der Waals surface area contributed by atoms with Gasteiger partial charge >= 0.3 is 0 Å². The Morgan fingerprint density at radius 2 is 2.06 bits per heavy atom. The van der Waals surface area contributed by atoms with Crippen molar-refractivity contribution in [1.82, 2.24) is 0 Å². The van der Waals surface area contributed by atoms with Crippen molar-refractivity contribution in [2.75, 3.05) is 13.7 Å². The number of hydrogen-bond donors (Lipinski definition) is 1. The lowest BCUT2D eigenvalue weighted by Crippen LogP contribution is -2.00. The lowest BCUT2D eigenvalue weighted by atomic mass is 10.1. The standard InChI is InChI=1S/C13H20O3/c1-4-5-8-16-13-9-11(10(2)14)6-7-12(13)15-3/h6-7,9-10,14H,4-5,8H2,1-3H3.